The van der Waals surface area contributed by atoms with E-state index in [0.29, 0.717) is 6.42 Å². The number of aliphatic hydroxyl groups is 1. The van der Waals surface area contributed by atoms with Crippen molar-refractivity contribution in [2.24, 2.45) is 0 Å². The van der Waals surface area contributed by atoms with Crippen molar-refractivity contribution in [3.05, 3.63) is 28.8 Å². The first-order chi connectivity index (χ1) is 8.90. The molecule has 104 valence electrons. The van der Waals surface area contributed by atoms with Crippen LogP contribution in [0.4, 0.5) is 0 Å². The molecular formula is C12H15ClN2O3S. The van der Waals surface area contributed by atoms with E-state index in [-0.39, 0.29) is 22.0 Å². The number of benzene rings is 1. The SMILES string of the molecule is CCCC(O)CNS(=O)(=O)c1cc(C#N)ccc1Cl. The number of aliphatic hydroxyl groups excluding tert-OH is 1. The van der Waals surface area contributed by atoms with Crippen molar-refractivity contribution < 1.29 is 13.5 Å². The third-order valence-electron chi connectivity index (χ3n) is 2.48. The molecule has 1 aromatic carbocycles. The third kappa shape index (κ3) is 4.48. The number of sulfonamides is 1. The molecule has 0 amide bonds. The van der Waals surface area contributed by atoms with Crippen molar-refractivity contribution in [3.63, 3.8) is 0 Å². The van der Waals surface area contributed by atoms with Gasteiger partial charge in [-0.3, -0.25) is 0 Å². The van der Waals surface area contributed by atoms with Gasteiger partial charge in [0.2, 0.25) is 10.0 Å². The van der Waals surface area contributed by atoms with Gasteiger partial charge < -0.3 is 5.11 Å². The zero-order chi connectivity index (χ0) is 14.5. The van der Waals surface area contributed by atoms with Crippen LogP contribution in [0.5, 0.6) is 0 Å². The number of nitriles is 1. The van der Waals surface area contributed by atoms with Crippen molar-refractivity contribution in [1.29, 1.82) is 5.26 Å². The van der Waals surface area contributed by atoms with Crippen molar-refractivity contribution in [1.82, 2.24) is 4.72 Å². The fourth-order valence-electron chi connectivity index (χ4n) is 1.50. The van der Waals surface area contributed by atoms with Crippen molar-refractivity contribution >= 4 is 21.6 Å². The van der Waals surface area contributed by atoms with Gasteiger partial charge in [-0.2, -0.15) is 5.26 Å². The Bertz CT molecular complexity index is 581. The molecule has 0 spiro atoms. The van der Waals surface area contributed by atoms with Crippen LogP contribution in [-0.2, 0) is 10.0 Å². The first-order valence-electron chi connectivity index (χ1n) is 5.78. The summed E-state index contributed by atoms with van der Waals surface area (Å²) >= 11 is 5.82. The summed E-state index contributed by atoms with van der Waals surface area (Å²) in [7, 11) is -3.83. The Balaban J connectivity index is 2.92. The summed E-state index contributed by atoms with van der Waals surface area (Å²) in [4.78, 5) is -0.156. The molecule has 7 heteroatoms. The monoisotopic (exact) mass is 302 g/mol. The summed E-state index contributed by atoms with van der Waals surface area (Å²) in [6.07, 6.45) is 0.528. The molecule has 0 radical (unpaired) electrons. The zero-order valence-corrected chi connectivity index (χ0v) is 12.0. The van der Waals surface area contributed by atoms with E-state index in [1.807, 2.05) is 13.0 Å². The van der Waals surface area contributed by atoms with E-state index in [2.05, 4.69) is 4.72 Å². The number of hydrogen-bond donors (Lipinski definition) is 2. The Labute approximate surface area is 117 Å². The smallest absolute Gasteiger partial charge is 0.242 e. The predicted octanol–water partition coefficient (Wildman–Crippen LogP) is 1.65. The molecule has 0 fully saturated rings. The molecule has 5 nitrogen and oxygen atoms in total. The van der Waals surface area contributed by atoms with Gasteiger partial charge in [-0.15, -0.1) is 0 Å². The number of nitrogens with one attached hydrogen (secondary N) is 1. The summed E-state index contributed by atoms with van der Waals surface area (Å²) in [5.74, 6) is 0. The Hall–Kier alpha value is -1.13. The summed E-state index contributed by atoms with van der Waals surface area (Å²) in [5.41, 5.74) is 0.207. The van der Waals surface area contributed by atoms with Crippen molar-refractivity contribution in [2.75, 3.05) is 6.54 Å². The van der Waals surface area contributed by atoms with Gasteiger partial charge in [-0.1, -0.05) is 24.9 Å². The minimum absolute atomic E-state index is 0.0384. The van der Waals surface area contributed by atoms with Crippen LogP contribution in [0, 0.1) is 11.3 Å². The second-order valence-corrected chi connectivity index (χ2v) is 6.19. The van der Waals surface area contributed by atoms with Gasteiger partial charge in [0.1, 0.15) is 4.90 Å². The van der Waals surface area contributed by atoms with E-state index >= 15 is 0 Å². The van der Waals surface area contributed by atoms with Crippen LogP contribution in [0.3, 0.4) is 0 Å². The highest BCUT2D eigenvalue weighted by Crippen LogP contribution is 2.22. The predicted molar refractivity (Wildman–Crippen MR) is 72.3 cm³/mol. The maximum atomic E-state index is 12.0. The van der Waals surface area contributed by atoms with Crippen molar-refractivity contribution in [3.8, 4) is 6.07 Å². The minimum Gasteiger partial charge on any atom is -0.392 e. The van der Waals surface area contributed by atoms with Crippen LogP contribution in [-0.4, -0.2) is 26.2 Å². The average Bonchev–Trinajstić information content (AvgIpc) is 2.37. The molecular weight excluding hydrogens is 288 g/mol. The lowest BCUT2D eigenvalue weighted by molar-refractivity contribution is 0.167. The van der Waals surface area contributed by atoms with Crippen LogP contribution in [0.2, 0.25) is 5.02 Å². The van der Waals surface area contributed by atoms with Gasteiger partial charge in [0.15, 0.2) is 0 Å². The molecule has 0 saturated heterocycles. The summed E-state index contributed by atoms with van der Waals surface area (Å²) in [6, 6.07) is 5.85. The van der Waals surface area contributed by atoms with E-state index in [9.17, 15) is 13.5 Å². The molecule has 1 aromatic rings. The van der Waals surface area contributed by atoms with Crippen LogP contribution >= 0.6 is 11.6 Å². The standard InChI is InChI=1S/C12H15ClN2O3S/c1-2-3-10(16)8-15-19(17,18)12-6-9(7-14)4-5-11(12)13/h4-6,10,15-16H,2-3,8H2,1H3. The maximum Gasteiger partial charge on any atom is 0.242 e. The van der Waals surface area contributed by atoms with Crippen LogP contribution < -0.4 is 4.72 Å². The van der Waals surface area contributed by atoms with Gasteiger partial charge in [0, 0.05) is 6.54 Å². The molecule has 0 bridgehead atoms. The fourth-order valence-corrected chi connectivity index (χ4v) is 3.09. The zero-order valence-electron chi connectivity index (χ0n) is 10.4. The lowest BCUT2D eigenvalue weighted by Gasteiger charge is -2.12. The number of hydrogen-bond acceptors (Lipinski definition) is 4. The number of halogens is 1. The summed E-state index contributed by atoms with van der Waals surface area (Å²) in [5, 5.41) is 18.3. The first kappa shape index (κ1) is 15.9. The highest BCUT2D eigenvalue weighted by Gasteiger charge is 2.19. The lowest BCUT2D eigenvalue weighted by atomic mass is 10.2. The van der Waals surface area contributed by atoms with Crippen LogP contribution in [0.25, 0.3) is 0 Å². The second-order valence-electron chi connectivity index (χ2n) is 4.05. The molecule has 0 aliphatic rings. The average molecular weight is 303 g/mol. The quantitative estimate of drug-likeness (QED) is 0.836. The van der Waals surface area contributed by atoms with E-state index < -0.39 is 16.1 Å². The highest BCUT2D eigenvalue weighted by molar-refractivity contribution is 7.89. The molecule has 0 aliphatic heterocycles. The largest absolute Gasteiger partial charge is 0.392 e. The van der Waals surface area contributed by atoms with Crippen LogP contribution in [0.15, 0.2) is 23.1 Å². The second kappa shape index (κ2) is 6.87. The van der Waals surface area contributed by atoms with Gasteiger partial charge in [-0.05, 0) is 24.6 Å². The van der Waals surface area contributed by atoms with Gasteiger partial charge in [-0.25, -0.2) is 13.1 Å². The molecule has 0 heterocycles. The minimum atomic E-state index is -3.83. The molecule has 19 heavy (non-hydrogen) atoms. The molecule has 0 saturated carbocycles. The lowest BCUT2D eigenvalue weighted by Crippen LogP contribution is -2.32. The topological polar surface area (TPSA) is 90.2 Å². The first-order valence-corrected chi connectivity index (χ1v) is 7.64. The fraction of sp³-hybridized carbons (Fsp3) is 0.417. The molecule has 1 rings (SSSR count). The van der Waals surface area contributed by atoms with E-state index in [1.165, 1.54) is 18.2 Å². The summed E-state index contributed by atoms with van der Waals surface area (Å²) < 4.78 is 26.3. The molecule has 0 aliphatic carbocycles. The van der Waals surface area contributed by atoms with Gasteiger partial charge >= 0.3 is 0 Å². The normalized spacial score (nSPS) is 12.9. The Kier molecular flexibility index (Phi) is 5.76. The molecule has 2 N–H and O–H groups in total. The van der Waals surface area contributed by atoms with Gasteiger partial charge in [0.05, 0.1) is 22.8 Å². The summed E-state index contributed by atoms with van der Waals surface area (Å²) in [6.45, 7) is 1.81. The third-order valence-corrected chi connectivity index (χ3v) is 4.39. The van der Waals surface area contributed by atoms with Crippen molar-refractivity contribution in [2.45, 2.75) is 30.8 Å². The van der Waals surface area contributed by atoms with Crippen LogP contribution in [0.1, 0.15) is 25.3 Å². The van der Waals surface area contributed by atoms with E-state index in [1.54, 1.807) is 0 Å². The number of rotatable bonds is 6. The highest BCUT2D eigenvalue weighted by atomic mass is 35.5. The Morgan fingerprint density at radius 3 is 2.79 bits per heavy atom. The molecule has 1 unspecified atom stereocenters. The van der Waals surface area contributed by atoms with Gasteiger partial charge in [0.25, 0.3) is 0 Å². The van der Waals surface area contributed by atoms with E-state index in [0.717, 1.165) is 6.42 Å². The Morgan fingerprint density at radius 2 is 2.21 bits per heavy atom. The maximum absolute atomic E-state index is 12.0. The molecule has 1 atom stereocenters. The van der Waals surface area contributed by atoms with E-state index in [4.69, 9.17) is 16.9 Å². The molecule has 0 aromatic heterocycles. The number of nitrogens with zero attached hydrogens (tertiary/aromatic N) is 1. The Morgan fingerprint density at radius 1 is 1.53 bits per heavy atom.